The smallest absolute Gasteiger partial charge is 0.116 e. The average molecular weight is 283 g/mol. The Hall–Kier alpha value is -0.640. The van der Waals surface area contributed by atoms with Crippen LogP contribution in [-0.4, -0.2) is 15.4 Å². The Morgan fingerprint density at radius 1 is 1.14 bits per heavy atom. The van der Waals surface area contributed by atoms with E-state index in [1.807, 2.05) is 6.07 Å². The molecule has 79 valence electrons. The zero-order valence-corrected chi connectivity index (χ0v) is 9.75. The molecule has 0 aliphatic rings. The Labute approximate surface area is 98.8 Å². The van der Waals surface area contributed by atoms with Crippen LogP contribution in [-0.2, 0) is 35.2 Å². The molecule has 1 aromatic carbocycles. The van der Waals surface area contributed by atoms with Gasteiger partial charge in [0.15, 0.2) is 0 Å². The monoisotopic (exact) mass is 282 g/mol. The van der Waals surface area contributed by atoms with E-state index in [1.54, 1.807) is 0 Å². The predicted molar refractivity (Wildman–Crippen MR) is 52.6 cm³/mol. The number of aromatic amines is 1. The van der Waals surface area contributed by atoms with Crippen molar-refractivity contribution >= 4 is 11.0 Å². The van der Waals surface area contributed by atoms with Crippen molar-refractivity contribution in [3.63, 3.8) is 0 Å². The van der Waals surface area contributed by atoms with Gasteiger partial charge in [0.05, 0.1) is 0 Å². The van der Waals surface area contributed by atoms with Crippen molar-refractivity contribution in [2.45, 2.75) is 26.7 Å². The molecular weight excluding hydrogens is 270 g/mol. The zero-order valence-electron chi connectivity index (χ0n) is 8.26. The molecule has 1 aromatic heterocycles. The van der Waals surface area contributed by atoms with Gasteiger partial charge in [-0.25, -0.2) is 0 Å². The van der Waals surface area contributed by atoms with E-state index in [0.717, 1.165) is 23.9 Å². The van der Waals surface area contributed by atoms with Crippen LogP contribution in [0.2, 0.25) is 0 Å². The molecule has 0 aliphatic carbocycles. The molecule has 0 atom stereocenters. The molecule has 0 bridgehead atoms. The minimum atomic E-state index is 0. The summed E-state index contributed by atoms with van der Waals surface area (Å²) in [6.45, 7) is 4.32. The fourth-order valence-corrected chi connectivity index (χ4v) is 1.74. The first-order valence-corrected chi connectivity index (χ1v) is 4.68. The summed E-state index contributed by atoms with van der Waals surface area (Å²) in [4.78, 5) is 0. The topological polar surface area (TPSA) is 41.6 Å². The fraction of sp³-hybridized carbons (Fsp3) is 0.400. The number of aromatic nitrogens is 3. The molecule has 0 saturated heterocycles. The van der Waals surface area contributed by atoms with E-state index < -0.39 is 0 Å². The molecule has 3 nitrogen and oxygen atoms in total. The van der Waals surface area contributed by atoms with E-state index in [0.29, 0.717) is 0 Å². The van der Waals surface area contributed by atoms with Crippen molar-refractivity contribution in [1.82, 2.24) is 15.4 Å². The molecule has 2 rings (SSSR count). The van der Waals surface area contributed by atoms with Crippen molar-refractivity contribution in [1.29, 1.82) is 0 Å². The molecule has 0 spiro atoms. The molecule has 0 fully saturated rings. The summed E-state index contributed by atoms with van der Waals surface area (Å²) in [5.74, 6) is 0. The summed E-state index contributed by atoms with van der Waals surface area (Å²) in [7, 11) is 0. The number of aryl methyl sites for hydroxylation is 2. The number of nitrogens with one attached hydrogen (secondary N) is 1. The molecule has 0 unspecified atom stereocenters. The molecule has 1 N–H and O–H groups in total. The van der Waals surface area contributed by atoms with Gasteiger partial charge in [-0.2, -0.15) is 15.4 Å². The Bertz CT molecular complexity index is 422. The minimum absolute atomic E-state index is 0. The summed E-state index contributed by atoms with van der Waals surface area (Å²) in [6, 6.07) is 4.17. The molecule has 4 heteroatoms. The van der Waals surface area contributed by atoms with Crippen LogP contribution in [0.5, 0.6) is 0 Å². The molecular formula is C10H13AgN3. The minimum Gasteiger partial charge on any atom is -0.197 e. The second-order valence-corrected chi connectivity index (χ2v) is 3.10. The number of rotatable bonds is 2. The van der Waals surface area contributed by atoms with Gasteiger partial charge in [0.2, 0.25) is 0 Å². The van der Waals surface area contributed by atoms with Gasteiger partial charge in [-0.05, 0) is 30.0 Å². The second-order valence-electron chi connectivity index (χ2n) is 3.10. The van der Waals surface area contributed by atoms with Crippen molar-refractivity contribution in [2.24, 2.45) is 0 Å². The molecule has 2 aromatic rings. The van der Waals surface area contributed by atoms with E-state index in [-0.39, 0.29) is 22.4 Å². The van der Waals surface area contributed by atoms with Gasteiger partial charge in [0.1, 0.15) is 11.0 Å². The van der Waals surface area contributed by atoms with Gasteiger partial charge in [-0.1, -0.05) is 19.9 Å². The number of benzene rings is 1. The second kappa shape index (κ2) is 4.73. The quantitative estimate of drug-likeness (QED) is 0.857. The van der Waals surface area contributed by atoms with Gasteiger partial charge < -0.3 is 0 Å². The maximum Gasteiger partial charge on any atom is 0.116 e. The number of hydrogen-bond acceptors (Lipinski definition) is 2. The molecule has 1 heterocycles. The Morgan fingerprint density at radius 2 is 1.93 bits per heavy atom. The van der Waals surface area contributed by atoms with Crippen molar-refractivity contribution in [3.05, 3.63) is 23.3 Å². The van der Waals surface area contributed by atoms with Crippen LogP contribution < -0.4 is 0 Å². The van der Waals surface area contributed by atoms with Crippen molar-refractivity contribution < 1.29 is 22.4 Å². The van der Waals surface area contributed by atoms with E-state index in [4.69, 9.17) is 0 Å². The van der Waals surface area contributed by atoms with E-state index in [9.17, 15) is 0 Å². The summed E-state index contributed by atoms with van der Waals surface area (Å²) < 4.78 is 0. The third-order valence-electron chi connectivity index (χ3n) is 2.43. The van der Waals surface area contributed by atoms with Gasteiger partial charge >= 0.3 is 0 Å². The Kier molecular flexibility index (Phi) is 3.87. The van der Waals surface area contributed by atoms with E-state index in [1.165, 1.54) is 11.1 Å². The van der Waals surface area contributed by atoms with E-state index in [2.05, 4.69) is 35.3 Å². The van der Waals surface area contributed by atoms with Crippen LogP contribution in [0.4, 0.5) is 0 Å². The third kappa shape index (κ3) is 1.75. The first-order chi connectivity index (χ1) is 6.36. The molecule has 0 saturated carbocycles. The predicted octanol–water partition coefficient (Wildman–Crippen LogP) is 2.08. The number of hydrogen-bond donors (Lipinski definition) is 1. The van der Waals surface area contributed by atoms with Crippen molar-refractivity contribution in [2.75, 3.05) is 0 Å². The first-order valence-electron chi connectivity index (χ1n) is 4.68. The largest absolute Gasteiger partial charge is 0.197 e. The summed E-state index contributed by atoms with van der Waals surface area (Å²) in [6.07, 6.45) is 2.08. The van der Waals surface area contributed by atoms with Crippen LogP contribution in [0.3, 0.4) is 0 Å². The summed E-state index contributed by atoms with van der Waals surface area (Å²) in [5.41, 5.74) is 4.70. The zero-order chi connectivity index (χ0) is 9.26. The van der Waals surface area contributed by atoms with Gasteiger partial charge in [-0.15, -0.1) is 0 Å². The number of nitrogens with zero attached hydrogens (tertiary/aromatic N) is 2. The first kappa shape index (κ1) is 11.4. The maximum absolute atomic E-state index is 4.16. The standard InChI is InChI=1S/C10H13N3.Ag/c1-3-7-5-6-9-10(8(7)4-2)12-13-11-9;/h5-6H,3-4H2,1-2H3,(H,11,12,13);. The van der Waals surface area contributed by atoms with Crippen LogP contribution >= 0.6 is 0 Å². The van der Waals surface area contributed by atoms with Gasteiger partial charge in [0, 0.05) is 22.4 Å². The average Bonchev–Trinajstić information content (AvgIpc) is 2.63. The van der Waals surface area contributed by atoms with E-state index >= 15 is 0 Å². The Morgan fingerprint density at radius 3 is 2.57 bits per heavy atom. The number of fused-ring (bicyclic) bond motifs is 1. The third-order valence-corrected chi connectivity index (χ3v) is 2.43. The SMILES string of the molecule is CCc1ccc2n[nH]nc2c1CC.[Ag]. The molecule has 0 aliphatic heterocycles. The number of H-pyrrole nitrogens is 1. The molecule has 14 heavy (non-hydrogen) atoms. The summed E-state index contributed by atoms with van der Waals surface area (Å²) in [5, 5.41) is 10.9. The van der Waals surface area contributed by atoms with Gasteiger partial charge in [-0.3, -0.25) is 0 Å². The molecule has 1 radical (unpaired) electrons. The van der Waals surface area contributed by atoms with Crippen LogP contribution in [0, 0.1) is 0 Å². The van der Waals surface area contributed by atoms with Crippen LogP contribution in [0.15, 0.2) is 12.1 Å². The van der Waals surface area contributed by atoms with Crippen LogP contribution in [0.1, 0.15) is 25.0 Å². The Balaban J connectivity index is 0.000000980. The maximum atomic E-state index is 4.16. The van der Waals surface area contributed by atoms with Crippen LogP contribution in [0.25, 0.3) is 11.0 Å². The summed E-state index contributed by atoms with van der Waals surface area (Å²) >= 11 is 0. The fourth-order valence-electron chi connectivity index (χ4n) is 1.74. The van der Waals surface area contributed by atoms with Gasteiger partial charge in [0.25, 0.3) is 0 Å². The van der Waals surface area contributed by atoms with Crippen molar-refractivity contribution in [3.8, 4) is 0 Å². The normalized spacial score (nSPS) is 10.1. The molecule has 0 amide bonds.